The number of pyridine rings is 1. The molecule has 1 saturated heterocycles. The summed E-state index contributed by atoms with van der Waals surface area (Å²) in [7, 11) is 0. The van der Waals surface area contributed by atoms with Crippen molar-refractivity contribution in [2.75, 3.05) is 11.4 Å². The number of aromatic nitrogens is 1. The first-order chi connectivity index (χ1) is 14.7. The molecule has 31 heavy (non-hydrogen) atoms. The number of alkyl halides is 3. The second-order valence-electron chi connectivity index (χ2n) is 6.75. The molecule has 1 aliphatic rings. The topological polar surface area (TPSA) is 45.7 Å². The maximum Gasteiger partial charge on any atom is 0.416 e. The Hall–Kier alpha value is -2.53. The molecule has 2 heterocycles. The van der Waals surface area contributed by atoms with Crippen molar-refractivity contribution in [1.82, 2.24) is 8.10 Å². The van der Waals surface area contributed by atoms with Crippen molar-refractivity contribution in [3.8, 4) is 11.6 Å². The van der Waals surface area contributed by atoms with Crippen LogP contribution in [0.1, 0.15) is 17.2 Å². The molecule has 0 spiro atoms. The van der Waals surface area contributed by atoms with Gasteiger partial charge in [0.1, 0.15) is 5.75 Å². The van der Waals surface area contributed by atoms with Crippen LogP contribution in [0, 0.1) is 0 Å². The lowest BCUT2D eigenvalue weighted by molar-refractivity contribution is -0.137. The highest BCUT2D eigenvalue weighted by Crippen LogP contribution is 2.38. The van der Waals surface area contributed by atoms with Gasteiger partial charge in [0.15, 0.2) is 0 Å². The van der Waals surface area contributed by atoms with E-state index in [0.29, 0.717) is 27.9 Å². The molecule has 2 aromatic carbocycles. The molecule has 3 aromatic rings. The molecule has 1 unspecified atom stereocenters. The van der Waals surface area contributed by atoms with Gasteiger partial charge in [-0.2, -0.15) is 13.2 Å². The fourth-order valence-corrected chi connectivity index (χ4v) is 3.96. The van der Waals surface area contributed by atoms with Gasteiger partial charge in [0, 0.05) is 11.1 Å². The second-order valence-corrected chi connectivity index (χ2v) is 8.35. The zero-order valence-electron chi connectivity index (χ0n) is 15.7. The Morgan fingerprint density at radius 1 is 1.10 bits per heavy atom. The summed E-state index contributed by atoms with van der Waals surface area (Å²) < 4.78 is 46.5. The quantitative estimate of drug-likeness (QED) is 0.259. The lowest BCUT2D eigenvalue weighted by Crippen LogP contribution is -2.29. The number of carbonyl (C=O) groups excluding carboxylic acids is 1. The molecule has 0 N–H and O–H groups in total. The highest BCUT2D eigenvalue weighted by atomic mass is 127. The number of nitrogens with zero attached hydrogens (tertiary/aromatic N) is 3. The monoisotopic (exact) mass is 559 g/mol. The third-order valence-electron chi connectivity index (χ3n) is 4.69. The van der Waals surface area contributed by atoms with Crippen molar-refractivity contribution in [1.29, 1.82) is 0 Å². The fourth-order valence-electron chi connectivity index (χ4n) is 3.23. The summed E-state index contributed by atoms with van der Waals surface area (Å²) in [4.78, 5) is 18.4. The largest absolute Gasteiger partial charge is 0.439 e. The first-order valence-electron chi connectivity index (χ1n) is 9.05. The number of benzene rings is 2. The van der Waals surface area contributed by atoms with Gasteiger partial charge in [-0.25, -0.2) is 9.78 Å². The number of amides is 2. The van der Waals surface area contributed by atoms with Crippen LogP contribution < -0.4 is 9.64 Å². The number of hydrogen-bond donors (Lipinski definition) is 0. The smallest absolute Gasteiger partial charge is 0.416 e. The van der Waals surface area contributed by atoms with Gasteiger partial charge in [-0.05, 0) is 48.0 Å². The summed E-state index contributed by atoms with van der Waals surface area (Å²) >= 11 is 7.71. The number of anilines is 1. The summed E-state index contributed by atoms with van der Waals surface area (Å²) in [5, 5.41) is 0.576. The molecular formula is C21H14ClF3IN3O2. The van der Waals surface area contributed by atoms with Gasteiger partial charge in [-0.1, -0.05) is 23.7 Å². The standard InChI is InChI=1S/C21H14ClF3IN3O2/c22-15-4-7-17(8-5-15)31-19-9-6-16(11-27-19)29-18(12-28(26)20(29)30)13-2-1-3-14(10-13)21(23,24)25/h1-11,18H,12H2. The zero-order chi connectivity index (χ0) is 22.2. The second kappa shape index (κ2) is 8.54. The molecule has 1 aromatic heterocycles. The van der Waals surface area contributed by atoms with Gasteiger partial charge in [-0.3, -0.25) is 8.01 Å². The van der Waals surface area contributed by atoms with Crippen LogP contribution in [0.5, 0.6) is 11.6 Å². The van der Waals surface area contributed by atoms with Crippen molar-refractivity contribution < 1.29 is 22.7 Å². The van der Waals surface area contributed by atoms with Gasteiger partial charge in [-0.15, -0.1) is 0 Å². The molecule has 10 heteroatoms. The van der Waals surface area contributed by atoms with Crippen LogP contribution in [-0.4, -0.2) is 20.7 Å². The Balaban J connectivity index is 1.60. The summed E-state index contributed by atoms with van der Waals surface area (Å²) in [5.41, 5.74) is 0.0908. The molecule has 1 atom stereocenters. The number of ether oxygens (including phenoxy) is 1. The van der Waals surface area contributed by atoms with E-state index >= 15 is 0 Å². The SMILES string of the molecule is O=C1N(I)CC(c2cccc(C(F)(F)F)c2)N1c1ccc(Oc2ccc(Cl)cc2)nc1. The van der Waals surface area contributed by atoms with Gasteiger partial charge >= 0.3 is 12.2 Å². The van der Waals surface area contributed by atoms with Crippen LogP contribution in [0.4, 0.5) is 23.7 Å². The van der Waals surface area contributed by atoms with Crippen LogP contribution in [0.3, 0.4) is 0 Å². The molecule has 0 radical (unpaired) electrons. The van der Waals surface area contributed by atoms with Crippen LogP contribution >= 0.6 is 34.5 Å². The van der Waals surface area contributed by atoms with E-state index in [1.807, 2.05) is 22.9 Å². The Kier molecular flexibility index (Phi) is 5.98. The molecule has 0 aliphatic carbocycles. The Labute approximate surface area is 194 Å². The minimum Gasteiger partial charge on any atom is -0.439 e. The number of carbonyl (C=O) groups is 1. The third-order valence-corrected chi connectivity index (χ3v) is 5.75. The Bertz CT molecular complexity index is 1090. The normalized spacial score (nSPS) is 16.7. The molecule has 1 fully saturated rings. The fraction of sp³-hybridized carbons (Fsp3) is 0.143. The number of halogens is 5. The maximum absolute atomic E-state index is 13.2. The van der Waals surface area contributed by atoms with E-state index in [2.05, 4.69) is 4.98 Å². The van der Waals surface area contributed by atoms with Crippen molar-refractivity contribution in [3.63, 3.8) is 0 Å². The predicted octanol–water partition coefficient (Wildman–Crippen LogP) is 6.88. The Morgan fingerprint density at radius 2 is 1.84 bits per heavy atom. The minimum atomic E-state index is -4.46. The Morgan fingerprint density at radius 3 is 2.48 bits per heavy atom. The average Bonchev–Trinajstić information content (AvgIpc) is 3.04. The molecule has 1 aliphatic heterocycles. The molecule has 0 saturated carbocycles. The number of hydrogen-bond acceptors (Lipinski definition) is 3. The molecular weight excluding hydrogens is 546 g/mol. The van der Waals surface area contributed by atoms with Crippen molar-refractivity contribution in [2.45, 2.75) is 12.2 Å². The first kappa shape index (κ1) is 21.7. The van der Waals surface area contributed by atoms with Crippen LogP contribution in [0.25, 0.3) is 0 Å². The first-order valence-corrected chi connectivity index (χ1v) is 10.4. The minimum absolute atomic E-state index is 0.240. The predicted molar refractivity (Wildman–Crippen MR) is 119 cm³/mol. The summed E-state index contributed by atoms with van der Waals surface area (Å²) in [5.74, 6) is 0.849. The van der Waals surface area contributed by atoms with Crippen LogP contribution in [0.2, 0.25) is 5.02 Å². The molecule has 2 amide bonds. The van der Waals surface area contributed by atoms with Crippen molar-refractivity contribution in [3.05, 3.63) is 83.0 Å². The van der Waals surface area contributed by atoms with E-state index in [4.69, 9.17) is 16.3 Å². The van der Waals surface area contributed by atoms with Crippen LogP contribution in [-0.2, 0) is 6.18 Å². The van der Waals surface area contributed by atoms with E-state index in [1.54, 1.807) is 42.5 Å². The van der Waals surface area contributed by atoms with E-state index < -0.39 is 17.8 Å². The summed E-state index contributed by atoms with van der Waals surface area (Å²) in [6.07, 6.45) is -3.00. The van der Waals surface area contributed by atoms with Crippen molar-refractivity contribution in [2.24, 2.45) is 0 Å². The molecule has 160 valence electrons. The molecule has 5 nitrogen and oxygen atoms in total. The maximum atomic E-state index is 13.2. The lowest BCUT2D eigenvalue weighted by Gasteiger charge is -2.24. The third kappa shape index (κ3) is 4.72. The van der Waals surface area contributed by atoms with Gasteiger partial charge in [0.2, 0.25) is 5.88 Å². The van der Waals surface area contributed by atoms with E-state index in [-0.39, 0.29) is 12.6 Å². The van der Waals surface area contributed by atoms with E-state index in [9.17, 15) is 18.0 Å². The van der Waals surface area contributed by atoms with Gasteiger partial charge in [0.25, 0.3) is 0 Å². The summed E-state index contributed by atoms with van der Waals surface area (Å²) in [6.45, 7) is 0.240. The molecule has 4 rings (SSSR count). The highest BCUT2D eigenvalue weighted by molar-refractivity contribution is 14.1. The number of urea groups is 1. The van der Waals surface area contributed by atoms with E-state index in [0.717, 1.165) is 12.1 Å². The molecule has 0 bridgehead atoms. The van der Waals surface area contributed by atoms with Gasteiger partial charge < -0.3 is 4.74 Å². The van der Waals surface area contributed by atoms with Crippen LogP contribution in [0.15, 0.2) is 66.9 Å². The zero-order valence-corrected chi connectivity index (χ0v) is 18.6. The van der Waals surface area contributed by atoms with Crippen molar-refractivity contribution >= 4 is 46.2 Å². The van der Waals surface area contributed by atoms with Gasteiger partial charge in [0.05, 0.1) is 52.9 Å². The average molecular weight is 560 g/mol. The lowest BCUT2D eigenvalue weighted by atomic mass is 10.0. The van der Waals surface area contributed by atoms with E-state index in [1.165, 1.54) is 20.3 Å². The highest BCUT2D eigenvalue weighted by Gasteiger charge is 2.39. The number of rotatable bonds is 4. The summed E-state index contributed by atoms with van der Waals surface area (Å²) in [6, 6.07) is 14.1.